The van der Waals surface area contributed by atoms with Crippen molar-refractivity contribution >= 4 is 43.5 Å². The van der Waals surface area contributed by atoms with Crippen molar-refractivity contribution in [3.63, 3.8) is 0 Å². The van der Waals surface area contributed by atoms with Gasteiger partial charge in [-0.3, -0.25) is 0 Å². The summed E-state index contributed by atoms with van der Waals surface area (Å²) in [6, 6.07) is 5.12. The summed E-state index contributed by atoms with van der Waals surface area (Å²) in [5.41, 5.74) is 0.607. The highest BCUT2D eigenvalue weighted by atomic mass is 79.9. The van der Waals surface area contributed by atoms with Crippen LogP contribution < -0.4 is 0 Å². The SMILES string of the molecule is OC(CCBr)C(O)c1cc(Cl)ccc1Br. The third-order valence-electron chi connectivity index (χ3n) is 2.05. The Morgan fingerprint density at radius 2 is 2.00 bits per heavy atom. The van der Waals surface area contributed by atoms with Crippen molar-refractivity contribution < 1.29 is 10.2 Å². The van der Waals surface area contributed by atoms with Gasteiger partial charge in [-0.15, -0.1) is 0 Å². The van der Waals surface area contributed by atoms with E-state index in [1.165, 1.54) is 0 Å². The molecule has 15 heavy (non-hydrogen) atoms. The summed E-state index contributed by atoms with van der Waals surface area (Å²) in [6.07, 6.45) is -1.23. The van der Waals surface area contributed by atoms with Crippen LogP contribution in [0.2, 0.25) is 5.02 Å². The summed E-state index contributed by atoms with van der Waals surface area (Å²) < 4.78 is 0.744. The molecule has 2 unspecified atom stereocenters. The first-order chi connectivity index (χ1) is 7.06. The molecule has 0 spiro atoms. The van der Waals surface area contributed by atoms with E-state index in [0.717, 1.165) is 4.47 Å². The molecule has 2 atom stereocenters. The van der Waals surface area contributed by atoms with E-state index in [1.807, 2.05) is 0 Å². The van der Waals surface area contributed by atoms with Gasteiger partial charge in [-0.2, -0.15) is 0 Å². The van der Waals surface area contributed by atoms with Crippen LogP contribution in [-0.4, -0.2) is 21.6 Å². The maximum atomic E-state index is 9.87. The second-order valence-electron chi connectivity index (χ2n) is 3.16. The van der Waals surface area contributed by atoms with Gasteiger partial charge in [0.25, 0.3) is 0 Å². The van der Waals surface area contributed by atoms with Crippen molar-refractivity contribution in [2.45, 2.75) is 18.6 Å². The fourth-order valence-electron chi connectivity index (χ4n) is 1.22. The Morgan fingerprint density at radius 1 is 1.33 bits per heavy atom. The highest BCUT2D eigenvalue weighted by Crippen LogP contribution is 2.29. The number of aliphatic hydroxyl groups is 2. The Balaban J connectivity index is 2.89. The summed E-state index contributed by atoms with van der Waals surface area (Å²) in [5.74, 6) is 0. The van der Waals surface area contributed by atoms with Gasteiger partial charge < -0.3 is 10.2 Å². The molecule has 0 aliphatic carbocycles. The van der Waals surface area contributed by atoms with Crippen LogP contribution in [0.25, 0.3) is 0 Å². The summed E-state index contributed by atoms with van der Waals surface area (Å²) in [7, 11) is 0. The summed E-state index contributed by atoms with van der Waals surface area (Å²) in [4.78, 5) is 0. The molecule has 0 radical (unpaired) electrons. The first-order valence-electron chi connectivity index (χ1n) is 4.43. The number of rotatable bonds is 4. The molecule has 0 heterocycles. The molecule has 1 aromatic carbocycles. The van der Waals surface area contributed by atoms with E-state index in [0.29, 0.717) is 22.3 Å². The van der Waals surface area contributed by atoms with Gasteiger partial charge in [0.1, 0.15) is 6.10 Å². The predicted octanol–water partition coefficient (Wildman–Crippen LogP) is 3.28. The molecule has 84 valence electrons. The van der Waals surface area contributed by atoms with Crippen LogP contribution in [0.3, 0.4) is 0 Å². The van der Waals surface area contributed by atoms with Gasteiger partial charge >= 0.3 is 0 Å². The zero-order valence-electron chi connectivity index (χ0n) is 7.83. The van der Waals surface area contributed by atoms with Crippen LogP contribution >= 0.6 is 43.5 Å². The number of halogens is 3. The summed E-state index contributed by atoms with van der Waals surface area (Å²) >= 11 is 12.3. The smallest absolute Gasteiger partial charge is 0.106 e. The minimum atomic E-state index is -0.921. The monoisotopic (exact) mass is 356 g/mol. The molecule has 0 saturated carbocycles. The summed E-state index contributed by atoms with van der Waals surface area (Å²) in [6.45, 7) is 0. The van der Waals surface area contributed by atoms with Crippen LogP contribution in [-0.2, 0) is 0 Å². The number of aliphatic hydroxyl groups excluding tert-OH is 2. The minimum absolute atomic E-state index is 0.486. The van der Waals surface area contributed by atoms with Gasteiger partial charge in [0.2, 0.25) is 0 Å². The first-order valence-corrected chi connectivity index (χ1v) is 6.72. The van der Waals surface area contributed by atoms with E-state index >= 15 is 0 Å². The van der Waals surface area contributed by atoms with Crippen LogP contribution in [0, 0.1) is 0 Å². The molecular formula is C10H11Br2ClO2. The van der Waals surface area contributed by atoms with E-state index in [4.69, 9.17) is 11.6 Å². The van der Waals surface area contributed by atoms with Gasteiger partial charge in [0, 0.05) is 14.8 Å². The lowest BCUT2D eigenvalue weighted by molar-refractivity contribution is 0.0169. The number of benzene rings is 1. The Morgan fingerprint density at radius 3 is 2.60 bits per heavy atom. The fourth-order valence-corrected chi connectivity index (χ4v) is 2.35. The highest BCUT2D eigenvalue weighted by Gasteiger charge is 2.20. The topological polar surface area (TPSA) is 40.5 Å². The molecule has 1 aromatic rings. The molecular weight excluding hydrogens is 347 g/mol. The standard InChI is InChI=1S/C10H11Br2ClO2/c11-4-3-9(14)10(15)7-5-6(13)1-2-8(7)12/h1-2,5,9-10,14-15H,3-4H2. The van der Waals surface area contributed by atoms with Crippen molar-refractivity contribution in [2.24, 2.45) is 0 Å². The van der Waals surface area contributed by atoms with Crippen molar-refractivity contribution in [2.75, 3.05) is 5.33 Å². The molecule has 0 bridgehead atoms. The zero-order chi connectivity index (χ0) is 11.4. The average molecular weight is 358 g/mol. The Bertz CT molecular complexity index is 333. The largest absolute Gasteiger partial charge is 0.390 e. The van der Waals surface area contributed by atoms with E-state index in [9.17, 15) is 10.2 Å². The molecule has 0 aliphatic rings. The third kappa shape index (κ3) is 3.71. The van der Waals surface area contributed by atoms with Crippen LogP contribution in [0.4, 0.5) is 0 Å². The number of alkyl halides is 1. The molecule has 1 rings (SSSR count). The van der Waals surface area contributed by atoms with E-state index < -0.39 is 12.2 Å². The normalized spacial score (nSPS) is 15.0. The van der Waals surface area contributed by atoms with Gasteiger partial charge in [-0.25, -0.2) is 0 Å². The lowest BCUT2D eigenvalue weighted by Crippen LogP contribution is -2.19. The molecule has 0 aliphatic heterocycles. The van der Waals surface area contributed by atoms with Crippen molar-refractivity contribution in [3.05, 3.63) is 33.3 Å². The minimum Gasteiger partial charge on any atom is -0.390 e. The second kappa shape index (κ2) is 6.21. The van der Waals surface area contributed by atoms with Crippen molar-refractivity contribution in [1.82, 2.24) is 0 Å². The number of hydrogen-bond donors (Lipinski definition) is 2. The third-order valence-corrected chi connectivity index (χ3v) is 3.46. The number of hydrogen-bond acceptors (Lipinski definition) is 2. The van der Waals surface area contributed by atoms with Crippen LogP contribution in [0.1, 0.15) is 18.1 Å². The van der Waals surface area contributed by atoms with E-state index in [-0.39, 0.29) is 0 Å². The van der Waals surface area contributed by atoms with Crippen molar-refractivity contribution in [1.29, 1.82) is 0 Å². The molecule has 0 amide bonds. The second-order valence-corrected chi connectivity index (χ2v) is 5.24. The predicted molar refractivity (Wildman–Crippen MR) is 68.5 cm³/mol. The highest BCUT2D eigenvalue weighted by molar-refractivity contribution is 9.10. The quantitative estimate of drug-likeness (QED) is 0.811. The Labute approximate surface area is 111 Å². The summed E-state index contributed by atoms with van der Waals surface area (Å²) in [5, 5.41) is 20.7. The first kappa shape index (κ1) is 13.5. The molecule has 0 aromatic heterocycles. The van der Waals surface area contributed by atoms with Crippen LogP contribution in [0.5, 0.6) is 0 Å². The molecule has 2 N–H and O–H groups in total. The Kier molecular flexibility index (Phi) is 5.57. The van der Waals surface area contributed by atoms with E-state index in [2.05, 4.69) is 31.9 Å². The lowest BCUT2D eigenvalue weighted by atomic mass is 10.0. The maximum Gasteiger partial charge on any atom is 0.106 e. The van der Waals surface area contributed by atoms with E-state index in [1.54, 1.807) is 18.2 Å². The van der Waals surface area contributed by atoms with Crippen LogP contribution in [0.15, 0.2) is 22.7 Å². The molecule has 5 heteroatoms. The Hall–Kier alpha value is 0.390. The van der Waals surface area contributed by atoms with Crippen molar-refractivity contribution in [3.8, 4) is 0 Å². The fraction of sp³-hybridized carbons (Fsp3) is 0.400. The maximum absolute atomic E-state index is 9.87. The van der Waals surface area contributed by atoms with Gasteiger partial charge in [-0.1, -0.05) is 43.5 Å². The zero-order valence-corrected chi connectivity index (χ0v) is 11.8. The van der Waals surface area contributed by atoms with Gasteiger partial charge in [0.05, 0.1) is 6.10 Å². The molecule has 0 saturated heterocycles. The van der Waals surface area contributed by atoms with Gasteiger partial charge in [0.15, 0.2) is 0 Å². The molecule has 0 fully saturated rings. The van der Waals surface area contributed by atoms with Gasteiger partial charge in [-0.05, 0) is 30.2 Å². The lowest BCUT2D eigenvalue weighted by Gasteiger charge is -2.18. The average Bonchev–Trinajstić information content (AvgIpc) is 2.21. The molecule has 2 nitrogen and oxygen atoms in total.